The van der Waals surface area contributed by atoms with Crippen LogP contribution in [0.3, 0.4) is 0 Å². The van der Waals surface area contributed by atoms with Gasteiger partial charge in [-0.1, -0.05) is 22.9 Å². The van der Waals surface area contributed by atoms with Crippen molar-refractivity contribution >= 4 is 11.7 Å². The average Bonchev–Trinajstić information content (AvgIpc) is 3.09. The minimum absolute atomic E-state index is 0.0170. The third-order valence-electron chi connectivity index (χ3n) is 3.79. The normalized spacial score (nSPS) is 18.0. The number of carbonyl (C=O) groups is 1. The first-order valence-electron chi connectivity index (χ1n) is 7.21. The van der Waals surface area contributed by atoms with E-state index in [1.54, 1.807) is 0 Å². The van der Waals surface area contributed by atoms with Crippen molar-refractivity contribution in [2.45, 2.75) is 32.7 Å². The van der Waals surface area contributed by atoms with Crippen LogP contribution in [0, 0.1) is 13.8 Å². The largest absolute Gasteiger partial charge is 0.359 e. The van der Waals surface area contributed by atoms with Crippen molar-refractivity contribution < 1.29 is 9.32 Å². The van der Waals surface area contributed by atoms with Crippen LogP contribution in [0.2, 0.25) is 0 Å². The second kappa shape index (κ2) is 5.60. The van der Waals surface area contributed by atoms with E-state index < -0.39 is 0 Å². The molecule has 1 N–H and O–H groups in total. The molecule has 2 amide bonds. The molecule has 1 fully saturated rings. The molecule has 0 spiro atoms. The van der Waals surface area contributed by atoms with E-state index in [1.807, 2.05) is 49.1 Å². The summed E-state index contributed by atoms with van der Waals surface area (Å²) in [4.78, 5) is 14.3. The third kappa shape index (κ3) is 2.91. The second-order valence-corrected chi connectivity index (χ2v) is 5.52. The molecule has 5 heteroatoms. The number of carbonyl (C=O) groups excluding carboxylic acids is 1. The number of benzene rings is 1. The standard InChI is InChI=1S/C16H19N3O2/c1-11-5-7-13(8-6-11)17-16(20)19-9-3-4-14(19)15-10-12(2)18-21-15/h5-8,10,14H,3-4,9H2,1-2H3,(H,17,20)/t14-/m0/s1. The number of nitrogens with zero attached hydrogens (tertiary/aromatic N) is 2. The first-order chi connectivity index (χ1) is 10.1. The van der Waals surface area contributed by atoms with Crippen molar-refractivity contribution in [3.8, 4) is 0 Å². The summed E-state index contributed by atoms with van der Waals surface area (Å²) in [5.41, 5.74) is 2.82. The monoisotopic (exact) mass is 285 g/mol. The van der Waals surface area contributed by atoms with E-state index in [0.717, 1.165) is 36.5 Å². The number of likely N-dealkylation sites (tertiary alicyclic amines) is 1. The van der Waals surface area contributed by atoms with Gasteiger partial charge in [-0.2, -0.15) is 0 Å². The number of amides is 2. The average molecular weight is 285 g/mol. The van der Waals surface area contributed by atoms with Gasteiger partial charge < -0.3 is 14.7 Å². The van der Waals surface area contributed by atoms with Gasteiger partial charge >= 0.3 is 6.03 Å². The predicted molar refractivity (Wildman–Crippen MR) is 80.1 cm³/mol. The van der Waals surface area contributed by atoms with Crippen LogP contribution >= 0.6 is 0 Å². The van der Waals surface area contributed by atoms with Crippen molar-refractivity contribution in [3.63, 3.8) is 0 Å². The molecule has 2 aromatic rings. The summed E-state index contributed by atoms with van der Waals surface area (Å²) in [6.45, 7) is 4.65. The Morgan fingerprint density at radius 3 is 2.76 bits per heavy atom. The summed E-state index contributed by atoms with van der Waals surface area (Å²) in [7, 11) is 0. The van der Waals surface area contributed by atoms with E-state index in [0.29, 0.717) is 0 Å². The summed E-state index contributed by atoms with van der Waals surface area (Å²) in [6, 6.07) is 9.59. The maximum absolute atomic E-state index is 12.4. The summed E-state index contributed by atoms with van der Waals surface area (Å²) in [6.07, 6.45) is 1.89. The van der Waals surface area contributed by atoms with Crippen LogP contribution in [0.15, 0.2) is 34.9 Å². The molecule has 5 nitrogen and oxygen atoms in total. The Bertz CT molecular complexity index is 633. The Hall–Kier alpha value is -2.30. The maximum Gasteiger partial charge on any atom is 0.322 e. The fraction of sp³-hybridized carbons (Fsp3) is 0.375. The second-order valence-electron chi connectivity index (χ2n) is 5.52. The topological polar surface area (TPSA) is 58.4 Å². The lowest BCUT2D eigenvalue weighted by molar-refractivity contribution is 0.195. The zero-order chi connectivity index (χ0) is 14.8. The van der Waals surface area contributed by atoms with Crippen LogP contribution in [-0.2, 0) is 0 Å². The van der Waals surface area contributed by atoms with Gasteiger partial charge in [0.15, 0.2) is 5.76 Å². The van der Waals surface area contributed by atoms with Crippen LogP contribution in [0.25, 0.3) is 0 Å². The predicted octanol–water partition coefficient (Wildman–Crippen LogP) is 3.66. The summed E-state index contributed by atoms with van der Waals surface area (Å²) >= 11 is 0. The summed E-state index contributed by atoms with van der Waals surface area (Å²) in [5, 5.41) is 6.86. The smallest absolute Gasteiger partial charge is 0.322 e. The maximum atomic E-state index is 12.4. The molecule has 1 aliphatic rings. The van der Waals surface area contributed by atoms with Gasteiger partial charge in [-0.3, -0.25) is 0 Å². The Morgan fingerprint density at radius 1 is 1.33 bits per heavy atom. The number of anilines is 1. The van der Waals surface area contributed by atoms with Crippen LogP contribution < -0.4 is 5.32 Å². The van der Waals surface area contributed by atoms with Gasteiger partial charge in [0.1, 0.15) is 0 Å². The number of urea groups is 1. The van der Waals surface area contributed by atoms with Gasteiger partial charge in [-0.25, -0.2) is 4.79 Å². The zero-order valence-electron chi connectivity index (χ0n) is 12.3. The molecule has 0 saturated carbocycles. The van der Waals surface area contributed by atoms with Gasteiger partial charge in [0.2, 0.25) is 0 Å². The summed E-state index contributed by atoms with van der Waals surface area (Å²) in [5.74, 6) is 0.768. The lowest BCUT2D eigenvalue weighted by Gasteiger charge is -2.23. The van der Waals surface area contributed by atoms with Crippen molar-refractivity contribution in [1.82, 2.24) is 10.1 Å². The highest BCUT2D eigenvalue weighted by Crippen LogP contribution is 2.32. The van der Waals surface area contributed by atoms with E-state index in [2.05, 4.69) is 10.5 Å². The summed E-state index contributed by atoms with van der Waals surface area (Å²) < 4.78 is 5.32. The molecule has 1 atom stereocenters. The zero-order valence-corrected chi connectivity index (χ0v) is 12.3. The van der Waals surface area contributed by atoms with Gasteiger partial charge in [-0.05, 0) is 38.8 Å². The highest BCUT2D eigenvalue weighted by molar-refractivity contribution is 5.89. The molecule has 1 aliphatic heterocycles. The number of hydrogen-bond donors (Lipinski definition) is 1. The Kier molecular flexibility index (Phi) is 3.64. The fourth-order valence-corrected chi connectivity index (χ4v) is 2.68. The quantitative estimate of drug-likeness (QED) is 0.916. The molecule has 1 aromatic carbocycles. The fourth-order valence-electron chi connectivity index (χ4n) is 2.68. The Labute approximate surface area is 123 Å². The van der Waals surface area contributed by atoms with Crippen molar-refractivity contribution in [2.24, 2.45) is 0 Å². The minimum atomic E-state index is -0.0876. The van der Waals surface area contributed by atoms with Gasteiger partial charge in [-0.15, -0.1) is 0 Å². The van der Waals surface area contributed by atoms with Crippen LogP contribution in [-0.4, -0.2) is 22.6 Å². The molecule has 0 unspecified atom stereocenters. The number of nitrogens with one attached hydrogen (secondary N) is 1. The molecular formula is C16H19N3O2. The van der Waals surface area contributed by atoms with Gasteiger partial charge in [0.05, 0.1) is 11.7 Å². The number of hydrogen-bond acceptors (Lipinski definition) is 3. The van der Waals surface area contributed by atoms with Gasteiger partial charge in [0, 0.05) is 18.3 Å². The van der Waals surface area contributed by atoms with E-state index in [9.17, 15) is 4.79 Å². The van der Waals surface area contributed by atoms with Crippen LogP contribution in [0.4, 0.5) is 10.5 Å². The molecule has 2 heterocycles. The lowest BCUT2D eigenvalue weighted by Crippen LogP contribution is -2.34. The molecule has 1 aromatic heterocycles. The first-order valence-corrected chi connectivity index (χ1v) is 7.21. The molecular weight excluding hydrogens is 266 g/mol. The van der Waals surface area contributed by atoms with Gasteiger partial charge in [0.25, 0.3) is 0 Å². The highest BCUT2D eigenvalue weighted by atomic mass is 16.5. The van der Waals surface area contributed by atoms with Crippen molar-refractivity contribution in [1.29, 1.82) is 0 Å². The Balaban J connectivity index is 1.72. The number of aryl methyl sites for hydroxylation is 2. The highest BCUT2D eigenvalue weighted by Gasteiger charge is 2.32. The van der Waals surface area contributed by atoms with E-state index >= 15 is 0 Å². The van der Waals surface area contributed by atoms with E-state index in [-0.39, 0.29) is 12.1 Å². The first kappa shape index (κ1) is 13.7. The van der Waals surface area contributed by atoms with Crippen molar-refractivity contribution in [3.05, 3.63) is 47.3 Å². The third-order valence-corrected chi connectivity index (χ3v) is 3.79. The molecule has 0 radical (unpaired) electrons. The van der Waals surface area contributed by atoms with E-state index in [1.165, 1.54) is 5.56 Å². The Morgan fingerprint density at radius 2 is 2.10 bits per heavy atom. The van der Waals surface area contributed by atoms with Crippen molar-refractivity contribution in [2.75, 3.05) is 11.9 Å². The molecule has 1 saturated heterocycles. The molecule has 110 valence electrons. The molecule has 3 rings (SSSR count). The number of rotatable bonds is 2. The lowest BCUT2D eigenvalue weighted by atomic mass is 10.1. The van der Waals surface area contributed by atoms with Crippen LogP contribution in [0.5, 0.6) is 0 Å². The minimum Gasteiger partial charge on any atom is -0.359 e. The number of aromatic nitrogens is 1. The van der Waals surface area contributed by atoms with Crippen LogP contribution in [0.1, 0.15) is 35.9 Å². The van der Waals surface area contributed by atoms with E-state index in [4.69, 9.17) is 4.52 Å². The molecule has 21 heavy (non-hydrogen) atoms. The molecule has 0 aliphatic carbocycles. The molecule has 0 bridgehead atoms. The SMILES string of the molecule is Cc1ccc(NC(=O)N2CCC[C@H]2c2cc(C)no2)cc1.